The molecule has 0 aliphatic carbocycles. The maximum absolute atomic E-state index is 11.9. The normalized spacial score (nSPS) is 18.5. The maximum atomic E-state index is 11.9. The van der Waals surface area contributed by atoms with Crippen LogP contribution in [0.1, 0.15) is 13.3 Å². The highest BCUT2D eigenvalue weighted by Crippen LogP contribution is 2.13. The molecule has 1 aliphatic rings. The number of carbonyl (C=O) groups excluding carboxylic acids is 1. The van der Waals surface area contributed by atoms with Gasteiger partial charge >= 0.3 is 5.97 Å². The topological polar surface area (TPSA) is 88.4 Å². The van der Waals surface area contributed by atoms with E-state index < -0.39 is 12.1 Å². The van der Waals surface area contributed by atoms with Gasteiger partial charge in [-0.3, -0.25) is 4.79 Å². The number of hydrogen-bond donors (Lipinski definition) is 1. The molecule has 7 nitrogen and oxygen atoms in total. The molecule has 0 fully saturated rings. The smallest absolute Gasteiger partial charge is 0.353 e. The molecule has 0 aromatic rings. The molecular weight excluding hydrogens is 228 g/mol. The average Bonchev–Trinajstić information content (AvgIpc) is 2.79. The van der Waals surface area contributed by atoms with Crippen LogP contribution >= 0.6 is 0 Å². The molecule has 1 aliphatic heterocycles. The van der Waals surface area contributed by atoms with Crippen LogP contribution in [0.3, 0.4) is 0 Å². The molecular formula is C10H16N2O5. The second-order valence-corrected chi connectivity index (χ2v) is 3.55. The molecule has 0 spiro atoms. The van der Waals surface area contributed by atoms with E-state index in [1.165, 1.54) is 0 Å². The van der Waals surface area contributed by atoms with E-state index in [2.05, 4.69) is 5.16 Å². The summed E-state index contributed by atoms with van der Waals surface area (Å²) in [5, 5.41) is 12.1. The Bertz CT molecular complexity index is 329. The van der Waals surface area contributed by atoms with Gasteiger partial charge in [0.15, 0.2) is 5.71 Å². The van der Waals surface area contributed by atoms with Crippen LogP contribution in [0.2, 0.25) is 0 Å². The van der Waals surface area contributed by atoms with Gasteiger partial charge in [0.25, 0.3) is 5.91 Å². The quantitative estimate of drug-likeness (QED) is 0.693. The predicted molar refractivity (Wildman–Crippen MR) is 58.7 cm³/mol. The lowest BCUT2D eigenvalue weighted by molar-refractivity contribution is -0.142. The number of rotatable bonds is 6. The van der Waals surface area contributed by atoms with Crippen LogP contribution in [-0.4, -0.2) is 60.5 Å². The molecule has 1 unspecified atom stereocenters. The summed E-state index contributed by atoms with van der Waals surface area (Å²) >= 11 is 0. The van der Waals surface area contributed by atoms with Gasteiger partial charge in [-0.2, -0.15) is 0 Å². The van der Waals surface area contributed by atoms with Crippen molar-refractivity contribution >= 4 is 17.6 Å². The van der Waals surface area contributed by atoms with Crippen molar-refractivity contribution in [3.05, 3.63) is 0 Å². The van der Waals surface area contributed by atoms with Crippen LogP contribution in [0.5, 0.6) is 0 Å². The van der Waals surface area contributed by atoms with Crippen LogP contribution in [-0.2, 0) is 19.2 Å². The molecule has 1 heterocycles. The number of aliphatic carboxylic acids is 1. The van der Waals surface area contributed by atoms with Crippen molar-refractivity contribution in [1.29, 1.82) is 0 Å². The summed E-state index contributed by atoms with van der Waals surface area (Å²) in [6.45, 7) is 3.24. The average molecular weight is 244 g/mol. The van der Waals surface area contributed by atoms with Crippen LogP contribution in [0.25, 0.3) is 0 Å². The van der Waals surface area contributed by atoms with Gasteiger partial charge in [0.1, 0.15) is 0 Å². The van der Waals surface area contributed by atoms with Gasteiger partial charge in [0.05, 0.1) is 6.61 Å². The maximum Gasteiger partial charge on any atom is 0.353 e. The third kappa shape index (κ3) is 3.42. The van der Waals surface area contributed by atoms with Gasteiger partial charge in [0.2, 0.25) is 6.10 Å². The third-order valence-electron chi connectivity index (χ3n) is 2.45. The predicted octanol–water partition coefficient (Wildman–Crippen LogP) is -0.289. The van der Waals surface area contributed by atoms with Crippen molar-refractivity contribution in [3.63, 3.8) is 0 Å². The number of oxime groups is 1. The second kappa shape index (κ2) is 6.19. The molecule has 1 rings (SSSR count). The summed E-state index contributed by atoms with van der Waals surface area (Å²) < 4.78 is 4.89. The van der Waals surface area contributed by atoms with E-state index in [-0.39, 0.29) is 18.0 Å². The number of nitrogens with zero attached hydrogens (tertiary/aromatic N) is 2. The minimum Gasteiger partial charge on any atom is -0.477 e. The van der Waals surface area contributed by atoms with Crippen molar-refractivity contribution in [2.45, 2.75) is 19.4 Å². The first-order chi connectivity index (χ1) is 8.10. The molecule has 0 saturated heterocycles. The third-order valence-corrected chi connectivity index (χ3v) is 2.45. The molecule has 0 saturated carbocycles. The van der Waals surface area contributed by atoms with Crippen molar-refractivity contribution in [2.24, 2.45) is 5.16 Å². The highest BCUT2D eigenvalue weighted by molar-refractivity contribution is 6.36. The largest absolute Gasteiger partial charge is 0.477 e. The first kappa shape index (κ1) is 13.4. The molecule has 7 heteroatoms. The van der Waals surface area contributed by atoms with Gasteiger partial charge in [0, 0.05) is 26.6 Å². The zero-order valence-corrected chi connectivity index (χ0v) is 9.88. The van der Waals surface area contributed by atoms with Crippen molar-refractivity contribution in [2.75, 3.05) is 26.8 Å². The molecule has 1 atom stereocenters. The number of ether oxygens (including phenoxy) is 1. The lowest BCUT2D eigenvalue weighted by atomic mass is 10.1. The van der Waals surface area contributed by atoms with Gasteiger partial charge in [-0.15, -0.1) is 0 Å². The van der Waals surface area contributed by atoms with E-state index >= 15 is 0 Å². The molecule has 1 N–H and O–H groups in total. The van der Waals surface area contributed by atoms with Crippen molar-refractivity contribution in [1.82, 2.24) is 4.90 Å². The Morgan fingerprint density at radius 1 is 1.65 bits per heavy atom. The number of carbonyl (C=O) groups is 2. The van der Waals surface area contributed by atoms with Crippen LogP contribution in [0.4, 0.5) is 0 Å². The molecule has 0 radical (unpaired) electrons. The van der Waals surface area contributed by atoms with E-state index in [1.54, 1.807) is 12.0 Å². The number of likely N-dealkylation sites (N-methyl/N-ethyl adjacent to an activating group) is 1. The highest BCUT2D eigenvalue weighted by atomic mass is 16.6. The Morgan fingerprint density at radius 3 is 2.82 bits per heavy atom. The molecule has 17 heavy (non-hydrogen) atoms. The molecule has 0 bridgehead atoms. The fraction of sp³-hybridized carbons (Fsp3) is 0.700. The molecule has 96 valence electrons. The van der Waals surface area contributed by atoms with E-state index in [0.717, 1.165) is 0 Å². The van der Waals surface area contributed by atoms with Crippen LogP contribution in [0, 0.1) is 0 Å². The molecule has 1 amide bonds. The summed E-state index contributed by atoms with van der Waals surface area (Å²) in [5.74, 6) is -1.41. The summed E-state index contributed by atoms with van der Waals surface area (Å²) in [4.78, 5) is 28.9. The zero-order valence-electron chi connectivity index (χ0n) is 9.88. The summed E-state index contributed by atoms with van der Waals surface area (Å²) in [6, 6.07) is 0. The van der Waals surface area contributed by atoms with Gasteiger partial charge < -0.3 is 19.6 Å². The Kier molecular flexibility index (Phi) is 4.89. The second-order valence-electron chi connectivity index (χ2n) is 3.55. The molecule has 0 aromatic carbocycles. The number of carboxylic acid groups (broad SMARTS) is 1. The SMILES string of the molecule is CCN(CCOC)C(=O)C1CC(C(=O)O)=NO1. The lowest BCUT2D eigenvalue weighted by Gasteiger charge is -2.22. The van der Waals surface area contributed by atoms with Crippen LogP contribution in [0.15, 0.2) is 5.16 Å². The molecule has 0 aromatic heterocycles. The standard InChI is InChI=1S/C10H16N2O5/c1-3-12(4-5-16-2)9(13)8-6-7(10(14)15)11-17-8/h8H,3-6H2,1-2H3,(H,14,15). The van der Waals surface area contributed by atoms with E-state index in [0.29, 0.717) is 19.7 Å². The highest BCUT2D eigenvalue weighted by Gasteiger charge is 2.33. The van der Waals surface area contributed by atoms with E-state index in [9.17, 15) is 9.59 Å². The van der Waals surface area contributed by atoms with E-state index in [4.69, 9.17) is 14.7 Å². The number of carboxylic acids is 1. The van der Waals surface area contributed by atoms with Crippen molar-refractivity contribution in [3.8, 4) is 0 Å². The monoisotopic (exact) mass is 244 g/mol. The number of methoxy groups -OCH3 is 1. The minimum absolute atomic E-state index is 0.0116. The minimum atomic E-state index is -1.15. The Labute approximate surface area is 99.0 Å². The first-order valence-corrected chi connectivity index (χ1v) is 5.33. The van der Waals surface area contributed by atoms with Gasteiger partial charge in [-0.1, -0.05) is 5.16 Å². The fourth-order valence-corrected chi connectivity index (χ4v) is 1.47. The summed E-state index contributed by atoms with van der Waals surface area (Å²) in [6.07, 6.45) is -0.810. The Balaban J connectivity index is 2.51. The fourth-order valence-electron chi connectivity index (χ4n) is 1.47. The van der Waals surface area contributed by atoms with Crippen LogP contribution < -0.4 is 0 Å². The lowest BCUT2D eigenvalue weighted by Crippen LogP contribution is -2.41. The first-order valence-electron chi connectivity index (χ1n) is 5.33. The van der Waals surface area contributed by atoms with Gasteiger partial charge in [-0.05, 0) is 6.92 Å². The Hall–Kier alpha value is -1.63. The summed E-state index contributed by atoms with van der Waals surface area (Å²) in [5.41, 5.74) is -0.119. The summed E-state index contributed by atoms with van der Waals surface area (Å²) in [7, 11) is 1.55. The Morgan fingerprint density at radius 2 is 2.35 bits per heavy atom. The number of hydrogen-bond acceptors (Lipinski definition) is 5. The van der Waals surface area contributed by atoms with Gasteiger partial charge in [-0.25, -0.2) is 4.79 Å². The zero-order chi connectivity index (χ0) is 12.8. The number of amides is 1. The van der Waals surface area contributed by atoms with E-state index in [1.807, 2.05) is 6.92 Å². The van der Waals surface area contributed by atoms with Crippen molar-refractivity contribution < 1.29 is 24.3 Å².